The smallest absolute Gasteiger partial charge is 0.304 e. The van der Waals surface area contributed by atoms with Crippen molar-refractivity contribution in [2.24, 2.45) is 0 Å². The third kappa shape index (κ3) is 4.98. The van der Waals surface area contributed by atoms with Crippen LogP contribution in [0.5, 0.6) is 0 Å². The van der Waals surface area contributed by atoms with Gasteiger partial charge in [0.2, 0.25) is 0 Å². The maximum Gasteiger partial charge on any atom is 0.416 e. The molecule has 2 rings (SSSR count). The van der Waals surface area contributed by atoms with Crippen LogP contribution < -0.4 is 5.32 Å². The summed E-state index contributed by atoms with van der Waals surface area (Å²) >= 11 is 0. The Labute approximate surface area is 141 Å². The third-order valence-corrected chi connectivity index (χ3v) is 3.91. The molecule has 0 amide bonds. The Balaban J connectivity index is 2.33. The fourth-order valence-electron chi connectivity index (χ4n) is 2.54. The van der Waals surface area contributed by atoms with Gasteiger partial charge in [-0.3, -0.25) is 0 Å². The van der Waals surface area contributed by atoms with Gasteiger partial charge in [-0.1, -0.05) is 30.3 Å². The molecule has 2 aromatic rings. The molecule has 136 valence electrons. The van der Waals surface area contributed by atoms with E-state index in [9.17, 15) is 26.3 Å². The van der Waals surface area contributed by atoms with E-state index in [2.05, 4.69) is 5.32 Å². The lowest BCUT2D eigenvalue weighted by Crippen LogP contribution is -2.23. The summed E-state index contributed by atoms with van der Waals surface area (Å²) in [5.74, 6) is 0. The topological polar surface area (TPSA) is 12.0 Å². The van der Waals surface area contributed by atoms with Crippen LogP contribution in [0.1, 0.15) is 48.2 Å². The Bertz CT molecular complexity index is 673. The van der Waals surface area contributed by atoms with E-state index in [0.717, 1.165) is 17.7 Å². The van der Waals surface area contributed by atoms with E-state index < -0.39 is 29.5 Å². The summed E-state index contributed by atoms with van der Waals surface area (Å²) < 4.78 is 77.6. The van der Waals surface area contributed by atoms with Crippen molar-refractivity contribution in [2.75, 3.05) is 0 Å². The minimum atomic E-state index is -4.85. The second-order valence-electron chi connectivity index (χ2n) is 5.86. The number of hydrogen-bond acceptors (Lipinski definition) is 1. The largest absolute Gasteiger partial charge is 0.416 e. The molecular weight excluding hydrogens is 344 g/mol. The second-order valence-corrected chi connectivity index (χ2v) is 5.86. The van der Waals surface area contributed by atoms with Crippen molar-refractivity contribution in [1.82, 2.24) is 5.32 Å². The summed E-state index contributed by atoms with van der Waals surface area (Å²) in [6.07, 6.45) is -9.69. The van der Waals surface area contributed by atoms with Crippen LogP contribution in [0.2, 0.25) is 0 Å². The summed E-state index contributed by atoms with van der Waals surface area (Å²) in [7, 11) is 0. The number of hydrogen-bond donors (Lipinski definition) is 1. The van der Waals surface area contributed by atoms with Crippen LogP contribution in [0, 0.1) is 0 Å². The monoisotopic (exact) mass is 361 g/mol. The number of alkyl halides is 6. The van der Waals surface area contributed by atoms with Crippen LogP contribution in [0.15, 0.2) is 48.5 Å². The van der Waals surface area contributed by atoms with Crippen LogP contribution >= 0.6 is 0 Å². The molecule has 0 saturated carbocycles. The molecule has 2 atom stereocenters. The van der Waals surface area contributed by atoms with Gasteiger partial charge >= 0.3 is 12.4 Å². The van der Waals surface area contributed by atoms with Gasteiger partial charge in [-0.15, -0.1) is 0 Å². The number of benzene rings is 2. The average Bonchev–Trinajstić information content (AvgIpc) is 2.53. The molecule has 7 heteroatoms. The van der Waals surface area contributed by atoms with Crippen LogP contribution in [0.25, 0.3) is 0 Å². The zero-order chi connectivity index (χ0) is 18.8. The summed E-state index contributed by atoms with van der Waals surface area (Å²) in [5, 5.41) is 3.04. The first kappa shape index (κ1) is 19.3. The van der Waals surface area contributed by atoms with E-state index in [0.29, 0.717) is 0 Å². The lowest BCUT2D eigenvalue weighted by molar-refractivity contribution is -0.143. The van der Waals surface area contributed by atoms with Crippen molar-refractivity contribution in [3.05, 3.63) is 70.8 Å². The van der Waals surface area contributed by atoms with Gasteiger partial charge in [0, 0.05) is 12.1 Å². The minimum Gasteiger partial charge on any atom is -0.304 e. The Morgan fingerprint density at radius 1 is 0.680 bits per heavy atom. The molecule has 0 spiro atoms. The van der Waals surface area contributed by atoms with Gasteiger partial charge in [0.1, 0.15) is 0 Å². The standard InChI is InChI=1S/C18H17F6N/c1-11(13-6-4-3-5-7-13)25-12(2)14-8-15(17(19,20)21)10-16(9-14)18(22,23)24/h3-12,25H,1-2H3. The van der Waals surface area contributed by atoms with Gasteiger partial charge in [-0.25, -0.2) is 0 Å². The predicted molar refractivity (Wildman–Crippen MR) is 82.9 cm³/mol. The van der Waals surface area contributed by atoms with E-state index in [1.165, 1.54) is 6.92 Å². The van der Waals surface area contributed by atoms with Crippen LogP contribution in [-0.2, 0) is 12.4 Å². The highest BCUT2D eigenvalue weighted by Crippen LogP contribution is 2.37. The van der Waals surface area contributed by atoms with E-state index in [1.54, 1.807) is 6.92 Å². The molecule has 1 N–H and O–H groups in total. The van der Waals surface area contributed by atoms with Gasteiger partial charge < -0.3 is 5.32 Å². The molecular formula is C18H17F6N. The van der Waals surface area contributed by atoms with Crippen molar-refractivity contribution >= 4 is 0 Å². The second kappa shape index (κ2) is 7.07. The zero-order valence-electron chi connectivity index (χ0n) is 13.5. The molecule has 0 radical (unpaired) electrons. The average molecular weight is 361 g/mol. The fraction of sp³-hybridized carbons (Fsp3) is 0.333. The minimum absolute atomic E-state index is 0.0649. The maximum absolute atomic E-state index is 12.9. The zero-order valence-corrected chi connectivity index (χ0v) is 13.5. The molecule has 2 aromatic carbocycles. The van der Waals surface area contributed by atoms with Gasteiger partial charge in [0.15, 0.2) is 0 Å². The first-order valence-corrected chi connectivity index (χ1v) is 7.59. The van der Waals surface area contributed by atoms with E-state index in [-0.39, 0.29) is 17.7 Å². The van der Waals surface area contributed by atoms with Crippen molar-refractivity contribution in [2.45, 2.75) is 38.3 Å². The van der Waals surface area contributed by atoms with Gasteiger partial charge in [-0.05, 0) is 43.2 Å². The van der Waals surface area contributed by atoms with Gasteiger partial charge in [0.05, 0.1) is 11.1 Å². The number of rotatable bonds is 4. The molecule has 0 aliphatic rings. The Hall–Kier alpha value is -2.02. The third-order valence-electron chi connectivity index (χ3n) is 3.91. The van der Waals surface area contributed by atoms with Crippen molar-refractivity contribution in [1.29, 1.82) is 0 Å². The van der Waals surface area contributed by atoms with Crippen molar-refractivity contribution in [3.63, 3.8) is 0 Å². The predicted octanol–water partition coefficient (Wildman–Crippen LogP) is 6.14. The van der Waals surface area contributed by atoms with Gasteiger partial charge in [-0.2, -0.15) is 26.3 Å². The van der Waals surface area contributed by atoms with Crippen molar-refractivity contribution in [3.8, 4) is 0 Å². The Kier molecular flexibility index (Phi) is 5.46. The summed E-state index contributed by atoms with van der Waals surface area (Å²) in [6.45, 7) is 3.33. The first-order valence-electron chi connectivity index (χ1n) is 7.59. The molecule has 0 bridgehead atoms. The molecule has 0 aliphatic carbocycles. The first-order chi connectivity index (χ1) is 11.5. The molecule has 1 nitrogen and oxygen atoms in total. The van der Waals surface area contributed by atoms with E-state index >= 15 is 0 Å². The molecule has 0 aliphatic heterocycles. The van der Waals surface area contributed by atoms with Gasteiger partial charge in [0.25, 0.3) is 0 Å². The summed E-state index contributed by atoms with van der Waals surface area (Å²) in [6, 6.07) is 9.82. The molecule has 2 unspecified atom stereocenters. The quantitative estimate of drug-likeness (QED) is 0.646. The Morgan fingerprint density at radius 2 is 1.12 bits per heavy atom. The molecule has 0 heterocycles. The normalized spacial score (nSPS) is 15.0. The number of halogens is 6. The highest BCUT2D eigenvalue weighted by molar-refractivity contribution is 5.35. The Morgan fingerprint density at radius 3 is 1.56 bits per heavy atom. The van der Waals surface area contributed by atoms with Crippen LogP contribution in [0.3, 0.4) is 0 Å². The van der Waals surface area contributed by atoms with Crippen LogP contribution in [-0.4, -0.2) is 0 Å². The molecule has 0 saturated heterocycles. The van der Waals surface area contributed by atoms with Crippen molar-refractivity contribution < 1.29 is 26.3 Å². The summed E-state index contributed by atoms with van der Waals surface area (Å²) in [4.78, 5) is 0. The fourth-order valence-corrected chi connectivity index (χ4v) is 2.54. The highest BCUT2D eigenvalue weighted by Gasteiger charge is 2.37. The number of nitrogens with one attached hydrogen (secondary N) is 1. The highest BCUT2D eigenvalue weighted by atomic mass is 19.4. The van der Waals surface area contributed by atoms with Crippen LogP contribution in [0.4, 0.5) is 26.3 Å². The lowest BCUT2D eigenvalue weighted by Gasteiger charge is -2.23. The SMILES string of the molecule is CC(NC(C)c1cc(C(F)(F)F)cc(C(F)(F)F)c1)c1ccccc1. The molecule has 0 fully saturated rings. The lowest BCUT2D eigenvalue weighted by atomic mass is 9.99. The summed E-state index contributed by atoms with van der Waals surface area (Å²) in [5.41, 5.74) is -1.79. The molecule has 25 heavy (non-hydrogen) atoms. The van der Waals surface area contributed by atoms with E-state index in [4.69, 9.17) is 0 Å². The van der Waals surface area contributed by atoms with E-state index in [1.807, 2.05) is 30.3 Å². The maximum atomic E-state index is 12.9. The molecule has 0 aromatic heterocycles.